The van der Waals surface area contributed by atoms with Gasteiger partial charge in [-0.3, -0.25) is 5.32 Å². The van der Waals surface area contributed by atoms with Gasteiger partial charge in [0.1, 0.15) is 0 Å². The van der Waals surface area contributed by atoms with E-state index in [1.807, 2.05) is 42.2 Å². The Balaban J connectivity index is 2.18. The summed E-state index contributed by atoms with van der Waals surface area (Å²) >= 11 is 0. The van der Waals surface area contributed by atoms with Crippen molar-refractivity contribution >= 4 is 23.4 Å². The molecule has 0 bridgehead atoms. The third-order valence-electron chi connectivity index (χ3n) is 2.73. The van der Waals surface area contributed by atoms with E-state index in [1.165, 1.54) is 7.11 Å². The lowest BCUT2D eigenvalue weighted by Crippen LogP contribution is -2.18. The zero-order chi connectivity index (χ0) is 14.4. The van der Waals surface area contributed by atoms with Crippen molar-refractivity contribution in [3.05, 3.63) is 42.5 Å². The number of nitrogens with zero attached hydrogens (tertiary/aromatic N) is 3. The number of ether oxygens (including phenoxy) is 1. The van der Waals surface area contributed by atoms with E-state index >= 15 is 0 Å². The summed E-state index contributed by atoms with van der Waals surface area (Å²) in [5, 5.41) is 10.5. The molecule has 1 aromatic carbocycles. The summed E-state index contributed by atoms with van der Waals surface area (Å²) < 4.78 is 4.49. The van der Waals surface area contributed by atoms with Gasteiger partial charge in [-0.15, -0.1) is 10.2 Å². The van der Waals surface area contributed by atoms with Gasteiger partial charge in [-0.1, -0.05) is 18.2 Å². The number of anilines is 3. The molecule has 0 fully saturated rings. The minimum atomic E-state index is -0.567. The predicted octanol–water partition coefficient (Wildman–Crippen LogP) is 2.81. The first-order chi connectivity index (χ1) is 9.74. The Hall–Kier alpha value is -2.63. The smallest absolute Gasteiger partial charge is 0.412 e. The number of carbonyl (C=O) groups excluding carboxylic acids is 1. The standard InChI is InChI=1S/C14H16N4O2/c1-3-18(11-7-5-4-6-8-11)13-10-9-12(16-17-13)15-14(19)20-2/h4-10H,3H2,1-2H3,(H,15,16,19). The van der Waals surface area contributed by atoms with Gasteiger partial charge < -0.3 is 9.64 Å². The Morgan fingerprint density at radius 3 is 2.50 bits per heavy atom. The Morgan fingerprint density at radius 2 is 1.95 bits per heavy atom. The fourth-order valence-electron chi connectivity index (χ4n) is 1.78. The topological polar surface area (TPSA) is 67.4 Å². The summed E-state index contributed by atoms with van der Waals surface area (Å²) in [6.45, 7) is 2.80. The first kappa shape index (κ1) is 13.8. The maximum absolute atomic E-state index is 11.1. The molecule has 104 valence electrons. The van der Waals surface area contributed by atoms with Gasteiger partial charge in [-0.05, 0) is 31.2 Å². The largest absolute Gasteiger partial charge is 0.453 e. The van der Waals surface area contributed by atoms with Crippen LogP contribution in [0.15, 0.2) is 42.5 Å². The summed E-state index contributed by atoms with van der Waals surface area (Å²) in [4.78, 5) is 13.1. The van der Waals surface area contributed by atoms with Gasteiger partial charge >= 0.3 is 6.09 Å². The summed E-state index contributed by atoms with van der Waals surface area (Å²) in [6.07, 6.45) is -0.567. The highest BCUT2D eigenvalue weighted by molar-refractivity contribution is 5.83. The van der Waals surface area contributed by atoms with Crippen LogP contribution in [0.5, 0.6) is 0 Å². The molecule has 0 aliphatic heterocycles. The Kier molecular flexibility index (Phi) is 4.49. The molecule has 2 aromatic rings. The van der Waals surface area contributed by atoms with Crippen molar-refractivity contribution in [3.63, 3.8) is 0 Å². The van der Waals surface area contributed by atoms with E-state index in [0.29, 0.717) is 11.6 Å². The summed E-state index contributed by atoms with van der Waals surface area (Å²) in [7, 11) is 1.30. The molecule has 1 amide bonds. The average molecular weight is 272 g/mol. The molecule has 6 nitrogen and oxygen atoms in total. The molecule has 1 aromatic heterocycles. The minimum Gasteiger partial charge on any atom is -0.453 e. The molecule has 20 heavy (non-hydrogen) atoms. The monoisotopic (exact) mass is 272 g/mol. The second-order valence-electron chi connectivity index (χ2n) is 3.97. The van der Waals surface area contributed by atoms with Gasteiger partial charge in [-0.2, -0.15) is 0 Å². The van der Waals surface area contributed by atoms with Crippen LogP contribution in [0.3, 0.4) is 0 Å². The molecule has 0 atom stereocenters. The number of amides is 1. The quantitative estimate of drug-likeness (QED) is 0.927. The van der Waals surface area contributed by atoms with Crippen molar-refractivity contribution < 1.29 is 9.53 Å². The number of aromatic nitrogens is 2. The van der Waals surface area contributed by atoms with Gasteiger partial charge in [0.15, 0.2) is 11.6 Å². The van der Waals surface area contributed by atoms with Crippen LogP contribution in [0.2, 0.25) is 0 Å². The SMILES string of the molecule is CCN(c1ccccc1)c1ccc(NC(=O)OC)nn1. The average Bonchev–Trinajstić information content (AvgIpc) is 2.50. The Bertz CT molecular complexity index is 557. The van der Waals surface area contributed by atoms with Crippen LogP contribution in [-0.4, -0.2) is 29.9 Å². The normalized spacial score (nSPS) is 9.90. The van der Waals surface area contributed by atoms with Gasteiger partial charge in [0.2, 0.25) is 0 Å². The molecule has 0 aliphatic carbocycles. The van der Waals surface area contributed by atoms with Crippen molar-refractivity contribution in [2.75, 3.05) is 23.9 Å². The zero-order valence-corrected chi connectivity index (χ0v) is 11.4. The van der Waals surface area contributed by atoms with Crippen LogP contribution in [0.4, 0.5) is 22.1 Å². The van der Waals surface area contributed by atoms with Gasteiger partial charge in [0, 0.05) is 12.2 Å². The predicted molar refractivity (Wildman–Crippen MR) is 77.2 cm³/mol. The van der Waals surface area contributed by atoms with E-state index in [1.54, 1.807) is 12.1 Å². The summed E-state index contributed by atoms with van der Waals surface area (Å²) in [5.41, 5.74) is 1.04. The molecule has 0 aliphatic rings. The lowest BCUT2D eigenvalue weighted by Gasteiger charge is -2.21. The lowest BCUT2D eigenvalue weighted by molar-refractivity contribution is 0.187. The fourth-order valence-corrected chi connectivity index (χ4v) is 1.78. The molecule has 1 heterocycles. The van der Waals surface area contributed by atoms with Crippen LogP contribution in [0.25, 0.3) is 0 Å². The van der Waals surface area contributed by atoms with Crippen molar-refractivity contribution in [1.82, 2.24) is 10.2 Å². The number of rotatable bonds is 4. The summed E-state index contributed by atoms with van der Waals surface area (Å²) in [6, 6.07) is 13.4. The zero-order valence-electron chi connectivity index (χ0n) is 11.4. The molecule has 1 N–H and O–H groups in total. The molecular weight excluding hydrogens is 256 g/mol. The van der Waals surface area contributed by atoms with Crippen molar-refractivity contribution in [3.8, 4) is 0 Å². The third kappa shape index (κ3) is 3.23. The van der Waals surface area contributed by atoms with Crippen LogP contribution in [0, 0.1) is 0 Å². The van der Waals surface area contributed by atoms with Crippen LogP contribution < -0.4 is 10.2 Å². The fraction of sp³-hybridized carbons (Fsp3) is 0.214. The number of nitrogens with one attached hydrogen (secondary N) is 1. The minimum absolute atomic E-state index is 0.352. The second kappa shape index (κ2) is 6.51. The maximum Gasteiger partial charge on any atom is 0.412 e. The van der Waals surface area contributed by atoms with Crippen LogP contribution in [-0.2, 0) is 4.74 Å². The van der Waals surface area contributed by atoms with E-state index in [2.05, 4.69) is 20.3 Å². The maximum atomic E-state index is 11.1. The lowest BCUT2D eigenvalue weighted by atomic mass is 10.3. The van der Waals surface area contributed by atoms with Gasteiger partial charge in [0.25, 0.3) is 0 Å². The number of benzene rings is 1. The second-order valence-corrected chi connectivity index (χ2v) is 3.97. The van der Waals surface area contributed by atoms with Crippen molar-refractivity contribution in [2.45, 2.75) is 6.92 Å². The molecule has 2 rings (SSSR count). The molecule has 0 radical (unpaired) electrons. The van der Waals surface area contributed by atoms with Crippen molar-refractivity contribution in [2.24, 2.45) is 0 Å². The first-order valence-corrected chi connectivity index (χ1v) is 6.26. The highest BCUT2D eigenvalue weighted by Gasteiger charge is 2.09. The molecule has 6 heteroatoms. The molecular formula is C14H16N4O2. The molecule has 0 unspecified atom stereocenters. The Morgan fingerprint density at radius 1 is 1.20 bits per heavy atom. The highest BCUT2D eigenvalue weighted by atomic mass is 16.5. The third-order valence-corrected chi connectivity index (χ3v) is 2.73. The van der Waals surface area contributed by atoms with E-state index in [4.69, 9.17) is 0 Å². The number of hydrogen-bond donors (Lipinski definition) is 1. The number of methoxy groups -OCH3 is 1. The number of hydrogen-bond acceptors (Lipinski definition) is 5. The summed E-state index contributed by atoms with van der Waals surface area (Å²) in [5.74, 6) is 1.07. The van der Waals surface area contributed by atoms with Crippen molar-refractivity contribution in [1.29, 1.82) is 0 Å². The highest BCUT2D eigenvalue weighted by Crippen LogP contribution is 2.22. The van der Waals surface area contributed by atoms with E-state index in [0.717, 1.165) is 12.2 Å². The first-order valence-electron chi connectivity index (χ1n) is 6.26. The van der Waals surface area contributed by atoms with Crippen LogP contribution >= 0.6 is 0 Å². The van der Waals surface area contributed by atoms with E-state index in [-0.39, 0.29) is 0 Å². The number of para-hydroxylation sites is 1. The molecule has 0 saturated heterocycles. The number of carbonyl (C=O) groups is 1. The van der Waals surface area contributed by atoms with Gasteiger partial charge in [0.05, 0.1) is 7.11 Å². The molecule has 0 saturated carbocycles. The molecule has 0 spiro atoms. The van der Waals surface area contributed by atoms with E-state index < -0.39 is 6.09 Å². The Labute approximate surface area is 117 Å². The van der Waals surface area contributed by atoms with Gasteiger partial charge in [-0.25, -0.2) is 4.79 Å². The van der Waals surface area contributed by atoms with E-state index in [9.17, 15) is 4.79 Å². The van der Waals surface area contributed by atoms with Crippen LogP contribution in [0.1, 0.15) is 6.92 Å².